The summed E-state index contributed by atoms with van der Waals surface area (Å²) in [6, 6.07) is 8.12. The van der Waals surface area contributed by atoms with Gasteiger partial charge in [0.2, 0.25) is 0 Å². The zero-order valence-corrected chi connectivity index (χ0v) is 14.8. The second-order valence-electron chi connectivity index (χ2n) is 7.76. The van der Waals surface area contributed by atoms with Crippen LogP contribution in [0.3, 0.4) is 0 Å². The Balaban J connectivity index is 3.45. The maximum absolute atomic E-state index is 10.4. The number of hydrogen-bond acceptors (Lipinski definition) is 2. The highest BCUT2D eigenvalue weighted by molar-refractivity contribution is 5.64. The van der Waals surface area contributed by atoms with Gasteiger partial charge in [-0.3, -0.25) is 0 Å². The van der Waals surface area contributed by atoms with Crippen molar-refractivity contribution in [2.75, 3.05) is 0 Å². The van der Waals surface area contributed by atoms with Gasteiger partial charge in [0.1, 0.15) is 5.60 Å². The predicted octanol–water partition coefficient (Wildman–Crippen LogP) is 3.91. The molecule has 2 N–H and O–H groups in total. The molecule has 0 saturated heterocycles. The molecule has 120 valence electrons. The van der Waals surface area contributed by atoms with Crippen LogP contribution in [0.5, 0.6) is 0 Å². The van der Waals surface area contributed by atoms with Gasteiger partial charge in [0.05, 0.1) is 5.60 Å². The van der Waals surface area contributed by atoms with E-state index < -0.39 is 11.2 Å². The van der Waals surface area contributed by atoms with Crippen molar-refractivity contribution in [3.8, 4) is 11.8 Å². The van der Waals surface area contributed by atoms with E-state index in [9.17, 15) is 10.2 Å². The third kappa shape index (κ3) is 5.67. The SMILES string of the molecule is CC(C)(O)C#C/C(=C/c1ccccc1C(C)(C)C)C(C)(C)O. The summed E-state index contributed by atoms with van der Waals surface area (Å²) in [5, 5.41) is 20.2. The van der Waals surface area contributed by atoms with Gasteiger partial charge in [-0.05, 0) is 50.3 Å². The van der Waals surface area contributed by atoms with Gasteiger partial charge in [-0.1, -0.05) is 56.9 Å². The first-order chi connectivity index (χ1) is 9.81. The summed E-state index contributed by atoms with van der Waals surface area (Å²) in [4.78, 5) is 0. The van der Waals surface area contributed by atoms with Gasteiger partial charge >= 0.3 is 0 Å². The minimum atomic E-state index is -1.09. The Morgan fingerprint density at radius 2 is 1.50 bits per heavy atom. The molecule has 0 aliphatic heterocycles. The van der Waals surface area contributed by atoms with Gasteiger partial charge in [-0.15, -0.1) is 0 Å². The first-order valence-corrected chi connectivity index (χ1v) is 7.60. The molecule has 2 nitrogen and oxygen atoms in total. The largest absolute Gasteiger partial charge is 0.385 e. The maximum atomic E-state index is 10.4. The van der Waals surface area contributed by atoms with E-state index in [1.807, 2.05) is 24.3 Å². The third-order valence-corrected chi connectivity index (χ3v) is 3.23. The lowest BCUT2D eigenvalue weighted by Crippen LogP contribution is -2.22. The summed E-state index contributed by atoms with van der Waals surface area (Å²) in [6.07, 6.45) is 1.92. The van der Waals surface area contributed by atoms with E-state index in [-0.39, 0.29) is 5.41 Å². The summed E-state index contributed by atoms with van der Waals surface area (Å²) < 4.78 is 0. The molecule has 0 atom stereocenters. The van der Waals surface area contributed by atoms with E-state index in [0.717, 1.165) is 5.56 Å². The molecule has 0 aliphatic carbocycles. The van der Waals surface area contributed by atoms with Crippen LogP contribution in [-0.2, 0) is 5.41 Å². The number of benzene rings is 1. The Morgan fingerprint density at radius 3 is 1.95 bits per heavy atom. The maximum Gasteiger partial charge on any atom is 0.120 e. The second-order valence-corrected chi connectivity index (χ2v) is 7.76. The number of hydrogen-bond donors (Lipinski definition) is 2. The minimum absolute atomic E-state index is 0.00147. The summed E-state index contributed by atoms with van der Waals surface area (Å²) in [5.74, 6) is 5.72. The van der Waals surface area contributed by atoms with Gasteiger partial charge < -0.3 is 10.2 Å². The molecule has 0 spiro atoms. The third-order valence-electron chi connectivity index (χ3n) is 3.23. The highest BCUT2D eigenvalue weighted by Gasteiger charge is 2.21. The van der Waals surface area contributed by atoms with Crippen molar-refractivity contribution in [1.29, 1.82) is 0 Å². The van der Waals surface area contributed by atoms with Crippen molar-refractivity contribution in [2.24, 2.45) is 0 Å². The predicted molar refractivity (Wildman–Crippen MR) is 93.5 cm³/mol. The molecule has 0 aliphatic rings. The Kier molecular flexibility index (Phi) is 5.28. The fraction of sp³-hybridized carbons (Fsp3) is 0.500. The van der Waals surface area contributed by atoms with E-state index in [1.54, 1.807) is 27.7 Å². The van der Waals surface area contributed by atoms with E-state index in [1.165, 1.54) is 5.56 Å². The first kappa shape index (κ1) is 18.5. The lowest BCUT2D eigenvalue weighted by Gasteiger charge is -2.23. The standard InChI is InChI=1S/C20H28O2/c1-18(2,3)17-11-9-8-10-15(17)14-16(20(6,7)22)12-13-19(4,5)21/h8-11,14,21-22H,1-7H3/b16-14-. The molecule has 1 aromatic carbocycles. The van der Waals surface area contributed by atoms with Crippen molar-refractivity contribution in [3.05, 3.63) is 41.0 Å². The fourth-order valence-corrected chi connectivity index (χ4v) is 2.05. The van der Waals surface area contributed by atoms with Crippen LogP contribution in [-0.4, -0.2) is 21.4 Å². The fourth-order valence-electron chi connectivity index (χ4n) is 2.05. The molecule has 0 unspecified atom stereocenters. The Hall–Kier alpha value is -1.56. The molecule has 0 saturated carbocycles. The molecule has 1 aromatic rings. The molecule has 0 amide bonds. The van der Waals surface area contributed by atoms with E-state index in [2.05, 4.69) is 38.7 Å². The van der Waals surface area contributed by atoms with Crippen LogP contribution < -0.4 is 0 Å². The zero-order chi connectivity index (χ0) is 17.2. The number of aliphatic hydroxyl groups is 2. The van der Waals surface area contributed by atoms with Crippen molar-refractivity contribution in [3.63, 3.8) is 0 Å². The summed E-state index contributed by atoms with van der Waals surface area (Å²) >= 11 is 0. The van der Waals surface area contributed by atoms with Gasteiger partial charge in [0, 0.05) is 5.57 Å². The second kappa shape index (κ2) is 6.28. The quantitative estimate of drug-likeness (QED) is 0.813. The lowest BCUT2D eigenvalue weighted by atomic mass is 9.82. The van der Waals surface area contributed by atoms with Gasteiger partial charge in [-0.2, -0.15) is 0 Å². The molecule has 2 heteroatoms. The highest BCUT2D eigenvalue weighted by atomic mass is 16.3. The van der Waals surface area contributed by atoms with Gasteiger partial charge in [-0.25, -0.2) is 0 Å². The van der Waals surface area contributed by atoms with Crippen molar-refractivity contribution < 1.29 is 10.2 Å². The monoisotopic (exact) mass is 300 g/mol. The van der Waals surface area contributed by atoms with Crippen LogP contribution >= 0.6 is 0 Å². The highest BCUT2D eigenvalue weighted by Crippen LogP contribution is 2.28. The Labute approximate surface area is 134 Å². The molecule has 1 rings (SSSR count). The molecule has 0 bridgehead atoms. The molecule has 0 radical (unpaired) electrons. The Morgan fingerprint density at radius 1 is 0.955 bits per heavy atom. The summed E-state index contributed by atoms with van der Waals surface area (Å²) in [7, 11) is 0. The average Bonchev–Trinajstić information content (AvgIpc) is 2.31. The molecule has 22 heavy (non-hydrogen) atoms. The first-order valence-electron chi connectivity index (χ1n) is 7.60. The van der Waals surface area contributed by atoms with Crippen LogP contribution in [0, 0.1) is 11.8 Å². The van der Waals surface area contributed by atoms with Crippen LogP contribution in [0.4, 0.5) is 0 Å². The van der Waals surface area contributed by atoms with E-state index in [0.29, 0.717) is 5.57 Å². The van der Waals surface area contributed by atoms with Crippen LogP contribution in [0.1, 0.15) is 59.6 Å². The van der Waals surface area contributed by atoms with Gasteiger partial charge in [0.15, 0.2) is 0 Å². The molecule has 0 aromatic heterocycles. The molecule has 0 heterocycles. The normalized spacial score (nSPS) is 13.6. The Bertz CT molecular complexity index is 606. The number of rotatable bonds is 2. The topological polar surface area (TPSA) is 40.5 Å². The van der Waals surface area contributed by atoms with Crippen LogP contribution in [0.25, 0.3) is 6.08 Å². The van der Waals surface area contributed by atoms with Crippen molar-refractivity contribution in [2.45, 2.75) is 65.1 Å². The van der Waals surface area contributed by atoms with Crippen molar-refractivity contribution >= 4 is 6.08 Å². The molecule has 0 fully saturated rings. The van der Waals surface area contributed by atoms with Crippen molar-refractivity contribution in [1.82, 2.24) is 0 Å². The minimum Gasteiger partial charge on any atom is -0.385 e. The van der Waals surface area contributed by atoms with Crippen LogP contribution in [0.15, 0.2) is 29.8 Å². The smallest absolute Gasteiger partial charge is 0.120 e. The average molecular weight is 300 g/mol. The van der Waals surface area contributed by atoms with E-state index in [4.69, 9.17) is 0 Å². The lowest BCUT2D eigenvalue weighted by molar-refractivity contribution is 0.125. The zero-order valence-electron chi connectivity index (χ0n) is 14.8. The van der Waals surface area contributed by atoms with Gasteiger partial charge in [0.25, 0.3) is 0 Å². The summed E-state index contributed by atoms with van der Waals surface area (Å²) in [6.45, 7) is 13.1. The van der Waals surface area contributed by atoms with Crippen LogP contribution in [0.2, 0.25) is 0 Å². The molecular formula is C20H28O2. The van der Waals surface area contributed by atoms with E-state index >= 15 is 0 Å². The molecular weight excluding hydrogens is 272 g/mol. The summed E-state index contributed by atoms with van der Waals surface area (Å²) in [5.41, 5.74) is 0.670.